The molecule has 8 heteroatoms. The van der Waals surface area contributed by atoms with Crippen LogP contribution >= 0.6 is 0 Å². The van der Waals surface area contributed by atoms with Crippen molar-refractivity contribution in [3.05, 3.63) is 24.0 Å². The standard InChI is InChI=1S/C48H90N4O4/c1-5-9-12-15-18-19-25-33-43-55-47(53)37-30-26-32-40-51(41-42-52-44-45(34-8-4)49-50-52)39-31-24-20-23-29-38-48(54)56-46(35-27-21-16-13-10-6-2)36-28-22-17-14-11-7-3/h18-19,44,46H,5-17,20-43H2,1-4H3/b19-18-. The molecule has 0 saturated carbocycles. The fourth-order valence-electron chi connectivity index (χ4n) is 7.33. The molecule has 0 aliphatic carbocycles. The molecule has 1 aromatic rings. The van der Waals surface area contributed by atoms with Crippen molar-refractivity contribution in [3.63, 3.8) is 0 Å². The van der Waals surface area contributed by atoms with Crippen LogP contribution < -0.4 is 0 Å². The van der Waals surface area contributed by atoms with E-state index in [9.17, 15) is 9.59 Å². The molecule has 0 aromatic carbocycles. The Morgan fingerprint density at radius 2 is 1.12 bits per heavy atom. The van der Waals surface area contributed by atoms with E-state index in [0.717, 1.165) is 122 Å². The van der Waals surface area contributed by atoms with Gasteiger partial charge >= 0.3 is 11.9 Å². The summed E-state index contributed by atoms with van der Waals surface area (Å²) < 4.78 is 13.5. The van der Waals surface area contributed by atoms with Crippen LogP contribution in [0.3, 0.4) is 0 Å². The van der Waals surface area contributed by atoms with Gasteiger partial charge in [-0.1, -0.05) is 154 Å². The van der Waals surface area contributed by atoms with Crippen LogP contribution in [0, 0.1) is 0 Å². The zero-order valence-corrected chi connectivity index (χ0v) is 37.4. The second-order valence-corrected chi connectivity index (χ2v) is 16.4. The van der Waals surface area contributed by atoms with Gasteiger partial charge in [0.05, 0.1) is 18.8 Å². The van der Waals surface area contributed by atoms with Gasteiger partial charge in [0.25, 0.3) is 0 Å². The quantitative estimate of drug-likeness (QED) is 0.0370. The van der Waals surface area contributed by atoms with Crippen molar-refractivity contribution < 1.29 is 19.1 Å². The third-order valence-corrected chi connectivity index (χ3v) is 10.9. The number of unbranched alkanes of at least 4 members (excludes halogenated alkanes) is 20. The third-order valence-electron chi connectivity index (χ3n) is 10.9. The Morgan fingerprint density at radius 1 is 0.607 bits per heavy atom. The molecule has 326 valence electrons. The first-order valence-corrected chi connectivity index (χ1v) is 24.1. The zero-order valence-electron chi connectivity index (χ0n) is 37.4. The molecule has 0 saturated heterocycles. The molecule has 0 unspecified atom stereocenters. The molecule has 0 atom stereocenters. The molecule has 8 nitrogen and oxygen atoms in total. The highest BCUT2D eigenvalue weighted by Crippen LogP contribution is 2.18. The van der Waals surface area contributed by atoms with Crippen molar-refractivity contribution in [1.82, 2.24) is 19.9 Å². The van der Waals surface area contributed by atoms with Crippen molar-refractivity contribution in [2.45, 2.75) is 246 Å². The normalized spacial score (nSPS) is 11.8. The number of aromatic nitrogens is 3. The number of ether oxygens (including phenoxy) is 2. The maximum Gasteiger partial charge on any atom is 0.306 e. The van der Waals surface area contributed by atoms with Gasteiger partial charge in [0.15, 0.2) is 0 Å². The molecule has 1 heterocycles. The number of hydrogen-bond acceptors (Lipinski definition) is 7. The molecular formula is C48H90N4O4. The summed E-state index contributed by atoms with van der Waals surface area (Å²) in [6.07, 6.45) is 42.6. The lowest BCUT2D eigenvalue weighted by Gasteiger charge is -2.22. The minimum Gasteiger partial charge on any atom is -0.466 e. The van der Waals surface area contributed by atoms with Crippen LogP contribution in [0.4, 0.5) is 0 Å². The van der Waals surface area contributed by atoms with Crippen LogP contribution in [0.2, 0.25) is 0 Å². The molecular weight excluding hydrogens is 697 g/mol. The van der Waals surface area contributed by atoms with Crippen molar-refractivity contribution in [2.75, 3.05) is 26.2 Å². The lowest BCUT2D eigenvalue weighted by Crippen LogP contribution is -2.30. The summed E-state index contributed by atoms with van der Waals surface area (Å²) in [6, 6.07) is 0. The van der Waals surface area contributed by atoms with Gasteiger partial charge < -0.3 is 14.4 Å². The van der Waals surface area contributed by atoms with Crippen LogP contribution in [0.25, 0.3) is 0 Å². The molecule has 0 aliphatic heterocycles. The molecule has 0 fully saturated rings. The minimum absolute atomic E-state index is 0.0162. The molecule has 0 N–H and O–H groups in total. The molecule has 0 amide bonds. The number of nitrogens with zero attached hydrogens (tertiary/aromatic N) is 4. The van der Waals surface area contributed by atoms with Crippen molar-refractivity contribution >= 4 is 11.9 Å². The van der Waals surface area contributed by atoms with Gasteiger partial charge in [0.2, 0.25) is 0 Å². The Morgan fingerprint density at radius 3 is 1.75 bits per heavy atom. The van der Waals surface area contributed by atoms with Crippen LogP contribution in [-0.2, 0) is 32.0 Å². The summed E-state index contributed by atoms with van der Waals surface area (Å²) in [5.41, 5.74) is 1.07. The predicted molar refractivity (Wildman–Crippen MR) is 236 cm³/mol. The Hall–Kier alpha value is -2.22. The molecule has 1 aromatic heterocycles. The van der Waals surface area contributed by atoms with E-state index < -0.39 is 0 Å². The molecule has 1 rings (SSSR count). The molecule has 0 aliphatic rings. The summed E-state index contributed by atoms with van der Waals surface area (Å²) in [5, 5.41) is 8.69. The van der Waals surface area contributed by atoms with E-state index in [1.807, 2.05) is 4.68 Å². The van der Waals surface area contributed by atoms with E-state index in [4.69, 9.17) is 9.47 Å². The SMILES string of the molecule is CCCCC/C=C\CCCOC(=O)CCCCCN(CCCCCCCC(=O)OC(CCCCCCCC)CCCCCCCC)CCn1cc(CCC)nn1. The Kier molecular flexibility index (Phi) is 36.6. The zero-order chi connectivity index (χ0) is 40.6. The van der Waals surface area contributed by atoms with Crippen LogP contribution in [0.1, 0.15) is 232 Å². The molecule has 56 heavy (non-hydrogen) atoms. The summed E-state index contributed by atoms with van der Waals surface area (Å²) in [5.74, 6) is -0.0419. The smallest absolute Gasteiger partial charge is 0.306 e. The average molecular weight is 787 g/mol. The molecule has 0 spiro atoms. The number of rotatable bonds is 42. The maximum atomic E-state index is 12.8. The topological polar surface area (TPSA) is 86.5 Å². The van der Waals surface area contributed by atoms with E-state index >= 15 is 0 Å². The number of carbonyl (C=O) groups is 2. The second kappa shape index (κ2) is 39.6. The van der Waals surface area contributed by atoms with Crippen molar-refractivity contribution in [3.8, 4) is 0 Å². The molecule has 0 radical (unpaired) electrons. The third kappa shape index (κ3) is 32.8. The summed E-state index contributed by atoms with van der Waals surface area (Å²) >= 11 is 0. The highest BCUT2D eigenvalue weighted by molar-refractivity contribution is 5.69. The fraction of sp³-hybridized carbons (Fsp3) is 0.875. The first kappa shape index (κ1) is 51.8. The lowest BCUT2D eigenvalue weighted by molar-refractivity contribution is -0.150. The number of allylic oxidation sites excluding steroid dienone is 2. The summed E-state index contributed by atoms with van der Waals surface area (Å²) in [4.78, 5) is 27.6. The highest BCUT2D eigenvalue weighted by atomic mass is 16.5. The maximum absolute atomic E-state index is 12.8. The van der Waals surface area contributed by atoms with Crippen LogP contribution in [-0.4, -0.2) is 64.2 Å². The van der Waals surface area contributed by atoms with Gasteiger partial charge in [-0.3, -0.25) is 14.3 Å². The van der Waals surface area contributed by atoms with Crippen LogP contribution in [0.15, 0.2) is 18.3 Å². The highest BCUT2D eigenvalue weighted by Gasteiger charge is 2.15. The Balaban J connectivity index is 2.36. The number of hydrogen-bond donors (Lipinski definition) is 0. The minimum atomic E-state index is -0.0581. The van der Waals surface area contributed by atoms with E-state index in [0.29, 0.717) is 19.4 Å². The largest absolute Gasteiger partial charge is 0.466 e. The fourth-order valence-corrected chi connectivity index (χ4v) is 7.33. The van der Waals surface area contributed by atoms with Gasteiger partial charge in [0, 0.05) is 25.6 Å². The van der Waals surface area contributed by atoms with Crippen molar-refractivity contribution in [2.24, 2.45) is 0 Å². The number of esters is 2. The monoisotopic (exact) mass is 787 g/mol. The first-order chi connectivity index (χ1) is 27.5. The number of carbonyl (C=O) groups excluding carboxylic acids is 2. The Labute approximate surface area is 346 Å². The van der Waals surface area contributed by atoms with E-state index in [2.05, 4.69) is 61.3 Å². The number of aryl methyl sites for hydroxylation is 1. The van der Waals surface area contributed by atoms with Crippen molar-refractivity contribution in [1.29, 1.82) is 0 Å². The summed E-state index contributed by atoms with van der Waals surface area (Å²) in [6.45, 7) is 13.3. The van der Waals surface area contributed by atoms with Gasteiger partial charge in [-0.05, 0) is 96.6 Å². The first-order valence-electron chi connectivity index (χ1n) is 24.1. The van der Waals surface area contributed by atoms with Gasteiger partial charge in [-0.25, -0.2) is 0 Å². The van der Waals surface area contributed by atoms with Crippen LogP contribution in [0.5, 0.6) is 0 Å². The second-order valence-electron chi connectivity index (χ2n) is 16.4. The average Bonchev–Trinajstić information content (AvgIpc) is 3.65. The van der Waals surface area contributed by atoms with Gasteiger partial charge in [-0.2, -0.15) is 0 Å². The van der Waals surface area contributed by atoms with E-state index in [1.165, 1.54) is 103 Å². The van der Waals surface area contributed by atoms with Gasteiger partial charge in [-0.15, -0.1) is 5.10 Å². The van der Waals surface area contributed by atoms with Gasteiger partial charge in [0.1, 0.15) is 6.10 Å². The Bertz CT molecular complexity index is 1030. The van der Waals surface area contributed by atoms with E-state index in [1.54, 1.807) is 0 Å². The lowest BCUT2D eigenvalue weighted by atomic mass is 10.0. The van der Waals surface area contributed by atoms with E-state index in [-0.39, 0.29) is 18.0 Å². The molecule has 0 bridgehead atoms. The summed E-state index contributed by atoms with van der Waals surface area (Å²) in [7, 11) is 0. The predicted octanol–water partition coefficient (Wildman–Crippen LogP) is 13.3.